The van der Waals surface area contributed by atoms with Crippen molar-refractivity contribution in [2.75, 3.05) is 0 Å². The fourth-order valence-electron chi connectivity index (χ4n) is 2.44. The van der Waals surface area contributed by atoms with Crippen molar-refractivity contribution in [2.24, 2.45) is 5.73 Å². The van der Waals surface area contributed by atoms with E-state index in [1.807, 2.05) is 19.1 Å². The molecule has 2 atom stereocenters. The van der Waals surface area contributed by atoms with Gasteiger partial charge in [-0.25, -0.2) is 0 Å². The highest BCUT2D eigenvalue weighted by Gasteiger charge is 2.31. The van der Waals surface area contributed by atoms with Gasteiger partial charge in [-0.05, 0) is 30.2 Å². The quantitative estimate of drug-likeness (QED) is 0.718. The number of aliphatic hydroxyl groups excluding tert-OH is 1. The highest BCUT2D eigenvalue weighted by atomic mass is 19.4. The molecule has 144 valence electrons. The molecule has 0 spiro atoms. The minimum Gasteiger partial charge on any atom is -0.378 e. The summed E-state index contributed by atoms with van der Waals surface area (Å²) in [5.41, 5.74) is 6.17. The smallest absolute Gasteiger partial charge is 0.378 e. The number of hydrogen-bond donors (Lipinski definition) is 3. The van der Waals surface area contributed by atoms with Gasteiger partial charge in [-0.1, -0.05) is 42.0 Å². The maximum atomic E-state index is 12.6. The van der Waals surface area contributed by atoms with Crippen LogP contribution in [0.1, 0.15) is 28.4 Å². The van der Waals surface area contributed by atoms with E-state index >= 15 is 0 Å². The van der Waals surface area contributed by atoms with Gasteiger partial charge < -0.3 is 16.2 Å². The van der Waals surface area contributed by atoms with Crippen LogP contribution < -0.4 is 11.1 Å². The lowest BCUT2D eigenvalue weighted by Gasteiger charge is -2.19. The van der Waals surface area contributed by atoms with Gasteiger partial charge in [0.2, 0.25) is 5.91 Å². The van der Waals surface area contributed by atoms with Crippen molar-refractivity contribution in [1.82, 2.24) is 5.32 Å². The van der Waals surface area contributed by atoms with Crippen molar-refractivity contribution < 1.29 is 27.9 Å². The summed E-state index contributed by atoms with van der Waals surface area (Å²) in [4.78, 5) is 23.8. The lowest BCUT2D eigenvalue weighted by Crippen LogP contribution is -2.47. The number of alkyl halides is 3. The van der Waals surface area contributed by atoms with Crippen LogP contribution >= 0.6 is 0 Å². The predicted molar refractivity (Wildman–Crippen MR) is 92.4 cm³/mol. The first-order valence-electron chi connectivity index (χ1n) is 8.08. The summed E-state index contributed by atoms with van der Waals surface area (Å²) in [5, 5.41) is 12.4. The molecule has 0 saturated heterocycles. The summed E-state index contributed by atoms with van der Waals surface area (Å²) in [6.45, 7) is 1.90. The first-order chi connectivity index (χ1) is 12.6. The van der Waals surface area contributed by atoms with Crippen LogP contribution in [0.15, 0.2) is 48.5 Å². The number of benzene rings is 2. The molecule has 0 aliphatic heterocycles. The maximum Gasteiger partial charge on any atom is 0.416 e. The molecule has 0 aromatic heterocycles. The molecule has 2 aromatic carbocycles. The van der Waals surface area contributed by atoms with Crippen LogP contribution in [0.4, 0.5) is 13.2 Å². The van der Waals surface area contributed by atoms with Gasteiger partial charge in [0.05, 0.1) is 5.56 Å². The number of aliphatic hydroxyl groups is 1. The van der Waals surface area contributed by atoms with Crippen molar-refractivity contribution >= 4 is 11.8 Å². The van der Waals surface area contributed by atoms with Crippen molar-refractivity contribution in [3.63, 3.8) is 0 Å². The Morgan fingerprint density at radius 1 is 1.07 bits per heavy atom. The molecule has 4 N–H and O–H groups in total. The Labute approximate surface area is 154 Å². The van der Waals surface area contributed by atoms with E-state index in [-0.39, 0.29) is 12.0 Å². The molecular weight excluding hydrogens is 361 g/mol. The van der Waals surface area contributed by atoms with Crippen molar-refractivity contribution in [2.45, 2.75) is 31.7 Å². The van der Waals surface area contributed by atoms with Gasteiger partial charge in [0.15, 0.2) is 6.10 Å². The summed E-state index contributed by atoms with van der Waals surface area (Å²) in [5.74, 6) is -1.71. The molecular formula is C19H19F3N2O3. The summed E-state index contributed by atoms with van der Waals surface area (Å²) in [6, 6.07) is 9.72. The van der Waals surface area contributed by atoms with Crippen LogP contribution in [-0.2, 0) is 22.2 Å². The van der Waals surface area contributed by atoms with Gasteiger partial charge in [0.1, 0.15) is 6.04 Å². The second-order valence-electron chi connectivity index (χ2n) is 6.18. The largest absolute Gasteiger partial charge is 0.416 e. The van der Waals surface area contributed by atoms with Gasteiger partial charge >= 0.3 is 6.18 Å². The monoisotopic (exact) mass is 380 g/mol. The SMILES string of the molecule is Cc1ccc(C[C@H](NC(=O)[C@H](O)c2ccc(C(F)(F)F)cc2)C(N)=O)cc1. The molecule has 5 nitrogen and oxygen atoms in total. The van der Waals surface area contributed by atoms with Crippen LogP contribution in [0.2, 0.25) is 0 Å². The fourth-order valence-corrected chi connectivity index (χ4v) is 2.44. The molecule has 0 aliphatic rings. The molecule has 0 heterocycles. The number of nitrogens with two attached hydrogens (primary N) is 1. The highest BCUT2D eigenvalue weighted by Crippen LogP contribution is 2.30. The average Bonchev–Trinajstić information content (AvgIpc) is 2.61. The van der Waals surface area contributed by atoms with Gasteiger partial charge in [-0.3, -0.25) is 9.59 Å². The second-order valence-corrected chi connectivity index (χ2v) is 6.18. The zero-order valence-electron chi connectivity index (χ0n) is 14.5. The third-order valence-electron chi connectivity index (χ3n) is 4.02. The minimum absolute atomic E-state index is 0.0287. The maximum absolute atomic E-state index is 12.6. The summed E-state index contributed by atoms with van der Waals surface area (Å²) in [6.07, 6.45) is -6.12. The number of carbonyl (C=O) groups is 2. The number of rotatable bonds is 6. The molecule has 2 rings (SSSR count). The number of carbonyl (C=O) groups excluding carboxylic acids is 2. The number of halogens is 3. The molecule has 27 heavy (non-hydrogen) atoms. The van der Waals surface area contributed by atoms with E-state index in [9.17, 15) is 27.9 Å². The standard InChI is InChI=1S/C19H19F3N2O3/c1-11-2-4-12(5-3-11)10-15(17(23)26)24-18(27)16(25)13-6-8-14(9-7-13)19(20,21)22/h2-9,15-16,25H,10H2,1H3,(H2,23,26)(H,24,27)/t15-,16+/m0/s1. The van der Waals surface area contributed by atoms with E-state index < -0.39 is 35.7 Å². The number of aryl methyl sites for hydroxylation is 1. The Bertz CT molecular complexity index is 802. The first kappa shape index (κ1) is 20.4. The molecule has 0 fully saturated rings. The Balaban J connectivity index is 2.07. The summed E-state index contributed by atoms with van der Waals surface area (Å²) in [7, 11) is 0. The van der Waals surface area contributed by atoms with Crippen LogP contribution in [0.3, 0.4) is 0 Å². The van der Waals surface area contributed by atoms with Crippen molar-refractivity contribution in [1.29, 1.82) is 0 Å². The van der Waals surface area contributed by atoms with E-state index in [1.54, 1.807) is 12.1 Å². The third kappa shape index (κ3) is 5.55. The third-order valence-corrected chi connectivity index (χ3v) is 4.02. The van der Waals surface area contributed by atoms with E-state index in [2.05, 4.69) is 5.32 Å². The lowest BCUT2D eigenvalue weighted by atomic mass is 10.0. The fraction of sp³-hybridized carbons (Fsp3) is 0.263. The highest BCUT2D eigenvalue weighted by molar-refractivity contribution is 5.89. The topological polar surface area (TPSA) is 92.4 Å². The molecule has 0 unspecified atom stereocenters. The van der Waals surface area contributed by atoms with Gasteiger partial charge in [0.25, 0.3) is 5.91 Å². The summed E-state index contributed by atoms with van der Waals surface area (Å²) >= 11 is 0. The van der Waals surface area contributed by atoms with E-state index in [1.165, 1.54) is 0 Å². The number of amides is 2. The Kier molecular flexibility index (Phi) is 6.22. The van der Waals surface area contributed by atoms with Gasteiger partial charge in [-0.2, -0.15) is 13.2 Å². The number of nitrogens with one attached hydrogen (secondary N) is 1. The van der Waals surface area contributed by atoms with E-state index in [4.69, 9.17) is 5.73 Å². The minimum atomic E-state index is -4.52. The summed E-state index contributed by atoms with van der Waals surface area (Å²) < 4.78 is 37.7. The zero-order chi connectivity index (χ0) is 20.2. The van der Waals surface area contributed by atoms with Gasteiger partial charge in [-0.15, -0.1) is 0 Å². The molecule has 0 aliphatic carbocycles. The van der Waals surface area contributed by atoms with Crippen LogP contribution in [0.5, 0.6) is 0 Å². The Hall–Kier alpha value is -2.87. The van der Waals surface area contributed by atoms with E-state index in [0.717, 1.165) is 35.4 Å². The molecule has 8 heteroatoms. The molecule has 0 saturated carbocycles. The molecule has 0 radical (unpaired) electrons. The molecule has 2 amide bonds. The first-order valence-corrected chi connectivity index (χ1v) is 8.08. The molecule has 2 aromatic rings. The Morgan fingerprint density at radius 2 is 1.63 bits per heavy atom. The Morgan fingerprint density at radius 3 is 2.11 bits per heavy atom. The van der Waals surface area contributed by atoms with Crippen molar-refractivity contribution in [3.05, 3.63) is 70.8 Å². The van der Waals surface area contributed by atoms with Crippen LogP contribution in [0, 0.1) is 6.92 Å². The molecule has 0 bridgehead atoms. The van der Waals surface area contributed by atoms with Crippen LogP contribution in [0.25, 0.3) is 0 Å². The number of hydrogen-bond acceptors (Lipinski definition) is 3. The van der Waals surface area contributed by atoms with Crippen molar-refractivity contribution in [3.8, 4) is 0 Å². The second kappa shape index (κ2) is 8.22. The zero-order valence-corrected chi connectivity index (χ0v) is 14.5. The van der Waals surface area contributed by atoms with E-state index in [0.29, 0.717) is 0 Å². The number of primary amides is 1. The lowest BCUT2D eigenvalue weighted by molar-refractivity contribution is -0.137. The predicted octanol–water partition coefficient (Wildman–Crippen LogP) is 2.26. The van der Waals surface area contributed by atoms with Gasteiger partial charge in [0, 0.05) is 6.42 Å². The normalized spacial score (nSPS) is 13.7. The van der Waals surface area contributed by atoms with Crippen LogP contribution in [-0.4, -0.2) is 23.0 Å². The average molecular weight is 380 g/mol.